The molecule has 2 rings (SSSR count). The van der Waals surface area contributed by atoms with E-state index in [2.05, 4.69) is 5.43 Å². The minimum absolute atomic E-state index is 0.109. The smallest absolute Gasteiger partial charge is 0.255 e. The van der Waals surface area contributed by atoms with Crippen molar-refractivity contribution in [2.24, 2.45) is 11.7 Å². The molecule has 21 heavy (non-hydrogen) atoms. The van der Waals surface area contributed by atoms with Crippen LogP contribution in [0.4, 0.5) is 5.69 Å². The fraction of sp³-hybridized carbons (Fsp3) is 0.571. The summed E-state index contributed by atoms with van der Waals surface area (Å²) in [5.41, 5.74) is 3.13. The van der Waals surface area contributed by atoms with E-state index in [1.807, 2.05) is 0 Å². The summed E-state index contributed by atoms with van der Waals surface area (Å²) in [5, 5.41) is 0. The average molecular weight is 312 g/mol. The van der Waals surface area contributed by atoms with Gasteiger partial charge in [-0.15, -0.1) is 4.41 Å². The summed E-state index contributed by atoms with van der Waals surface area (Å²) < 4.78 is 26.2. The average Bonchev–Trinajstić information content (AvgIpc) is 2.46. The Morgan fingerprint density at radius 2 is 1.52 bits per heavy atom. The molecule has 0 unspecified atom stereocenters. The van der Waals surface area contributed by atoms with E-state index in [1.165, 1.54) is 18.6 Å². The molecule has 1 aromatic rings. The predicted molar refractivity (Wildman–Crippen MR) is 83.6 cm³/mol. The monoisotopic (exact) mass is 312 g/mol. The molecule has 5 N–H and O–H groups in total. The van der Waals surface area contributed by atoms with Gasteiger partial charge in [-0.1, -0.05) is 32.1 Å². The van der Waals surface area contributed by atoms with Gasteiger partial charge in [-0.25, -0.2) is 8.42 Å². The van der Waals surface area contributed by atoms with Gasteiger partial charge in [-0.3, -0.25) is 11.7 Å². The summed E-state index contributed by atoms with van der Waals surface area (Å²) in [6.07, 6.45) is 7.27. The number of hydrogen-bond donors (Lipinski definition) is 3. The molecule has 1 aromatic carbocycles. The van der Waals surface area contributed by atoms with E-state index in [0.29, 0.717) is 5.69 Å². The summed E-state index contributed by atoms with van der Waals surface area (Å²) in [7, 11) is -3.65. The Balaban J connectivity index is 2.15. The summed E-state index contributed by atoms with van der Waals surface area (Å²) >= 11 is 0. The van der Waals surface area contributed by atoms with Crippen molar-refractivity contribution in [1.82, 2.24) is 4.41 Å². The number of benzene rings is 1. The molecular formula is C14H24N4O2S. The maximum Gasteiger partial charge on any atom is 0.255 e. The molecule has 1 aliphatic carbocycles. The lowest BCUT2D eigenvalue weighted by atomic mass is 9.97. The molecule has 6 nitrogen and oxygen atoms in total. The van der Waals surface area contributed by atoms with E-state index < -0.39 is 10.0 Å². The van der Waals surface area contributed by atoms with Gasteiger partial charge in [0, 0.05) is 11.7 Å². The highest BCUT2D eigenvalue weighted by molar-refractivity contribution is 7.89. The predicted octanol–water partition coefficient (Wildman–Crippen LogP) is 1.95. The topological polar surface area (TPSA) is 101 Å². The first-order valence-corrected chi connectivity index (χ1v) is 8.85. The highest BCUT2D eigenvalue weighted by atomic mass is 32.2. The number of rotatable bonds is 4. The fourth-order valence-corrected chi connectivity index (χ4v) is 4.06. The van der Waals surface area contributed by atoms with E-state index >= 15 is 0 Å². The van der Waals surface area contributed by atoms with Crippen molar-refractivity contribution in [1.29, 1.82) is 0 Å². The summed E-state index contributed by atoms with van der Waals surface area (Å²) in [4.78, 5) is 0.200. The van der Waals surface area contributed by atoms with Gasteiger partial charge in [0.1, 0.15) is 0 Å². The minimum atomic E-state index is -3.65. The third-order valence-electron chi connectivity index (χ3n) is 4.03. The zero-order chi connectivity index (χ0) is 15.3. The Bertz CT molecular complexity index is 537. The second-order valence-electron chi connectivity index (χ2n) is 5.50. The Kier molecular flexibility index (Phi) is 5.58. The first-order valence-electron chi connectivity index (χ1n) is 7.41. The van der Waals surface area contributed by atoms with Crippen molar-refractivity contribution < 1.29 is 8.42 Å². The third kappa shape index (κ3) is 3.94. The normalized spacial score (nSPS) is 18.2. The Morgan fingerprint density at radius 1 is 1.00 bits per heavy atom. The maximum atomic E-state index is 12.6. The van der Waals surface area contributed by atoms with E-state index in [9.17, 15) is 8.42 Å². The molecule has 0 aromatic heterocycles. The van der Waals surface area contributed by atoms with Crippen molar-refractivity contribution in [3.8, 4) is 0 Å². The number of sulfonamides is 1. The van der Waals surface area contributed by atoms with Gasteiger partial charge in [0.2, 0.25) is 0 Å². The van der Waals surface area contributed by atoms with Crippen LogP contribution in [0.3, 0.4) is 0 Å². The number of nitrogens with two attached hydrogens (primary N) is 2. The van der Waals surface area contributed by atoms with Gasteiger partial charge in [-0.2, -0.15) is 0 Å². The molecule has 0 atom stereocenters. The SMILES string of the molecule is NNc1ccc(S(=O)(=O)N(N)C2CCCCCCC2)cc1. The van der Waals surface area contributed by atoms with E-state index in [1.54, 1.807) is 12.1 Å². The van der Waals surface area contributed by atoms with Crippen LogP contribution in [0.15, 0.2) is 29.2 Å². The molecule has 0 bridgehead atoms. The molecular weight excluding hydrogens is 288 g/mol. The van der Waals surface area contributed by atoms with E-state index in [4.69, 9.17) is 11.7 Å². The van der Waals surface area contributed by atoms with Gasteiger partial charge < -0.3 is 5.43 Å². The van der Waals surface area contributed by atoms with Crippen LogP contribution in [0.5, 0.6) is 0 Å². The van der Waals surface area contributed by atoms with Gasteiger partial charge >= 0.3 is 0 Å². The molecule has 118 valence electrons. The largest absolute Gasteiger partial charge is 0.324 e. The van der Waals surface area contributed by atoms with Crippen molar-refractivity contribution in [2.75, 3.05) is 5.43 Å². The van der Waals surface area contributed by atoms with Crippen LogP contribution in [-0.4, -0.2) is 18.9 Å². The van der Waals surface area contributed by atoms with Gasteiger partial charge in [0.15, 0.2) is 0 Å². The summed E-state index contributed by atoms with van der Waals surface area (Å²) in [6.45, 7) is 0. The number of nitrogens with zero attached hydrogens (tertiary/aromatic N) is 1. The summed E-state index contributed by atoms with van der Waals surface area (Å²) in [6, 6.07) is 6.18. The first-order chi connectivity index (χ1) is 10.1. The van der Waals surface area contributed by atoms with Gasteiger partial charge in [0.25, 0.3) is 10.0 Å². The quantitative estimate of drug-likeness (QED) is 0.582. The van der Waals surface area contributed by atoms with Crippen LogP contribution in [-0.2, 0) is 10.0 Å². The molecule has 7 heteroatoms. The lowest BCUT2D eigenvalue weighted by molar-refractivity contribution is 0.272. The van der Waals surface area contributed by atoms with Crippen LogP contribution in [0, 0.1) is 0 Å². The van der Waals surface area contributed by atoms with Crippen molar-refractivity contribution >= 4 is 15.7 Å². The summed E-state index contributed by atoms with van der Waals surface area (Å²) in [5.74, 6) is 11.2. The Morgan fingerprint density at radius 3 is 2.05 bits per heavy atom. The molecule has 1 fully saturated rings. The lowest BCUT2D eigenvalue weighted by Gasteiger charge is -2.28. The van der Waals surface area contributed by atoms with Gasteiger partial charge in [0.05, 0.1) is 4.90 Å². The van der Waals surface area contributed by atoms with E-state index in [-0.39, 0.29) is 10.9 Å². The molecule has 1 aliphatic rings. The minimum Gasteiger partial charge on any atom is -0.324 e. The lowest BCUT2D eigenvalue weighted by Crippen LogP contribution is -2.45. The Labute approximate surface area is 126 Å². The standard InChI is InChI=1S/C14H24N4O2S/c15-17-12-8-10-14(11-9-12)21(19,20)18(16)13-6-4-2-1-3-5-7-13/h8-11,13,17H,1-7,15-16H2. The van der Waals surface area contributed by atoms with E-state index in [0.717, 1.165) is 42.9 Å². The Hall–Kier alpha value is -1.15. The molecule has 0 saturated heterocycles. The van der Waals surface area contributed by atoms with Crippen LogP contribution in [0.1, 0.15) is 44.9 Å². The first kappa shape index (κ1) is 16.2. The highest BCUT2D eigenvalue weighted by Gasteiger charge is 2.28. The number of hydrazine groups is 2. The van der Waals surface area contributed by atoms with Crippen LogP contribution < -0.4 is 17.1 Å². The highest BCUT2D eigenvalue weighted by Crippen LogP contribution is 2.24. The zero-order valence-electron chi connectivity index (χ0n) is 12.2. The fourth-order valence-electron chi connectivity index (χ4n) is 2.73. The van der Waals surface area contributed by atoms with Crippen molar-refractivity contribution in [3.05, 3.63) is 24.3 Å². The van der Waals surface area contributed by atoms with Crippen molar-refractivity contribution in [3.63, 3.8) is 0 Å². The maximum absolute atomic E-state index is 12.6. The van der Waals surface area contributed by atoms with Crippen LogP contribution in [0.25, 0.3) is 0 Å². The second-order valence-corrected chi connectivity index (χ2v) is 7.35. The zero-order valence-corrected chi connectivity index (χ0v) is 13.0. The number of anilines is 1. The number of hydrogen-bond acceptors (Lipinski definition) is 5. The number of nitrogen functional groups attached to an aromatic ring is 1. The van der Waals surface area contributed by atoms with Crippen molar-refractivity contribution in [2.45, 2.75) is 55.9 Å². The molecule has 0 aliphatic heterocycles. The molecule has 0 amide bonds. The molecule has 0 spiro atoms. The van der Waals surface area contributed by atoms with Crippen LogP contribution >= 0.6 is 0 Å². The molecule has 0 radical (unpaired) electrons. The van der Waals surface area contributed by atoms with Gasteiger partial charge in [-0.05, 0) is 37.1 Å². The molecule has 0 heterocycles. The third-order valence-corrected chi connectivity index (χ3v) is 5.75. The number of nitrogens with one attached hydrogen (secondary N) is 1. The molecule has 1 saturated carbocycles. The van der Waals surface area contributed by atoms with Crippen LogP contribution in [0.2, 0.25) is 0 Å². The second kappa shape index (κ2) is 7.22.